The van der Waals surface area contributed by atoms with Gasteiger partial charge >= 0.3 is 0 Å². The topological polar surface area (TPSA) is 116 Å². The van der Waals surface area contributed by atoms with Gasteiger partial charge in [-0.2, -0.15) is 0 Å². The molecule has 0 atom stereocenters. The summed E-state index contributed by atoms with van der Waals surface area (Å²) in [4.78, 5) is 49.7. The van der Waals surface area contributed by atoms with Gasteiger partial charge < -0.3 is 21.3 Å². The second-order valence-electron chi connectivity index (χ2n) is 8.26. The lowest BCUT2D eigenvalue weighted by Gasteiger charge is -2.13. The summed E-state index contributed by atoms with van der Waals surface area (Å²) in [5.41, 5.74) is 0.00614. The molecule has 0 unspecified atom stereocenters. The SMILES string of the molecule is CC(C)NC(=O)CNC(=O)c1cc(F)ccc1SSc1ccc(F)cc1C(=O)NCC(=O)NC(C)C. The molecule has 36 heavy (non-hydrogen) atoms. The number of benzene rings is 2. The molecule has 0 bridgehead atoms. The second-order valence-corrected chi connectivity index (χ2v) is 10.5. The lowest BCUT2D eigenvalue weighted by atomic mass is 10.2. The Labute approximate surface area is 216 Å². The largest absolute Gasteiger partial charge is 0.352 e. The van der Waals surface area contributed by atoms with Crippen LogP contribution in [0.4, 0.5) is 8.78 Å². The smallest absolute Gasteiger partial charge is 0.252 e. The molecule has 2 aromatic rings. The predicted molar refractivity (Wildman–Crippen MR) is 136 cm³/mol. The number of carbonyl (C=O) groups excluding carboxylic acids is 4. The molecular formula is C24H28F2N4O4S2. The first kappa shape index (κ1) is 29.1. The van der Waals surface area contributed by atoms with Crippen LogP contribution in [-0.2, 0) is 9.59 Å². The third kappa shape index (κ3) is 9.50. The fraction of sp³-hybridized carbons (Fsp3) is 0.333. The van der Waals surface area contributed by atoms with E-state index in [2.05, 4.69) is 21.3 Å². The van der Waals surface area contributed by atoms with Crippen LogP contribution < -0.4 is 21.3 Å². The molecule has 0 aromatic heterocycles. The molecular weight excluding hydrogens is 510 g/mol. The van der Waals surface area contributed by atoms with Crippen molar-refractivity contribution in [2.75, 3.05) is 13.1 Å². The van der Waals surface area contributed by atoms with Crippen LogP contribution in [0.3, 0.4) is 0 Å². The number of hydrogen-bond acceptors (Lipinski definition) is 6. The number of amides is 4. The predicted octanol–water partition coefficient (Wildman–Crippen LogP) is 3.27. The van der Waals surface area contributed by atoms with Crippen LogP contribution in [0, 0.1) is 11.6 Å². The molecule has 8 nitrogen and oxygen atoms in total. The van der Waals surface area contributed by atoms with Gasteiger partial charge in [0.25, 0.3) is 11.8 Å². The van der Waals surface area contributed by atoms with Gasteiger partial charge in [0.2, 0.25) is 11.8 Å². The molecule has 0 saturated carbocycles. The Kier molecular flexibility index (Phi) is 11.2. The van der Waals surface area contributed by atoms with Gasteiger partial charge in [0.1, 0.15) is 11.6 Å². The number of rotatable bonds is 11. The minimum Gasteiger partial charge on any atom is -0.352 e. The third-order valence-electron chi connectivity index (χ3n) is 4.31. The highest BCUT2D eigenvalue weighted by Gasteiger charge is 2.18. The lowest BCUT2D eigenvalue weighted by Crippen LogP contribution is -2.40. The molecule has 0 aliphatic carbocycles. The van der Waals surface area contributed by atoms with Crippen LogP contribution in [0.1, 0.15) is 48.4 Å². The van der Waals surface area contributed by atoms with Crippen molar-refractivity contribution in [2.24, 2.45) is 0 Å². The highest BCUT2D eigenvalue weighted by molar-refractivity contribution is 8.76. The fourth-order valence-electron chi connectivity index (χ4n) is 2.85. The Balaban J connectivity index is 2.14. The molecule has 0 heterocycles. The highest BCUT2D eigenvalue weighted by Crippen LogP contribution is 2.41. The fourth-order valence-corrected chi connectivity index (χ4v) is 5.17. The molecule has 2 rings (SSSR count). The first-order valence-electron chi connectivity index (χ1n) is 11.0. The number of hydrogen-bond donors (Lipinski definition) is 4. The minimum atomic E-state index is -0.648. The van der Waals surface area contributed by atoms with Crippen LogP contribution in [0.25, 0.3) is 0 Å². The first-order valence-corrected chi connectivity index (χ1v) is 13.2. The monoisotopic (exact) mass is 538 g/mol. The van der Waals surface area contributed by atoms with Crippen molar-refractivity contribution in [2.45, 2.75) is 49.6 Å². The van der Waals surface area contributed by atoms with E-state index in [1.54, 1.807) is 27.7 Å². The van der Waals surface area contributed by atoms with Crippen LogP contribution in [0.5, 0.6) is 0 Å². The van der Waals surface area contributed by atoms with Gasteiger partial charge in [0.05, 0.1) is 24.2 Å². The summed E-state index contributed by atoms with van der Waals surface area (Å²) in [6.45, 7) is 6.56. The van der Waals surface area contributed by atoms with Crippen molar-refractivity contribution >= 4 is 45.2 Å². The quantitative estimate of drug-likeness (QED) is 0.327. The second kappa shape index (κ2) is 13.8. The van der Waals surface area contributed by atoms with Crippen molar-refractivity contribution in [1.29, 1.82) is 0 Å². The van der Waals surface area contributed by atoms with Crippen molar-refractivity contribution in [3.05, 3.63) is 59.2 Å². The van der Waals surface area contributed by atoms with Gasteiger partial charge in [-0.25, -0.2) is 8.78 Å². The van der Waals surface area contributed by atoms with Crippen LogP contribution in [-0.4, -0.2) is 48.8 Å². The Morgan fingerprint density at radius 3 is 1.39 bits per heavy atom. The zero-order valence-corrected chi connectivity index (χ0v) is 21.9. The summed E-state index contributed by atoms with van der Waals surface area (Å²) >= 11 is 0. The molecule has 0 saturated heterocycles. The van der Waals surface area contributed by atoms with Gasteiger partial charge in [-0.15, -0.1) is 0 Å². The minimum absolute atomic E-state index is 0.00307. The standard InChI is InChI=1S/C24H28F2N4O4S2/c1-13(2)29-21(31)11-27-23(33)17-9-15(25)5-7-19(17)35-36-20-8-6-16(26)10-18(20)24(34)28-12-22(32)30-14(3)4/h5-10,13-14H,11-12H2,1-4H3,(H,27,33)(H,28,34)(H,29,31)(H,30,32). The summed E-state index contributed by atoms with van der Waals surface area (Å²) in [6, 6.07) is 7.04. The molecule has 0 radical (unpaired) electrons. The zero-order chi connectivity index (χ0) is 26.8. The van der Waals surface area contributed by atoms with Gasteiger partial charge in [-0.3, -0.25) is 19.2 Å². The van der Waals surface area contributed by atoms with E-state index in [1.165, 1.54) is 24.3 Å². The van der Waals surface area contributed by atoms with Gasteiger partial charge in [-0.1, -0.05) is 21.6 Å². The van der Waals surface area contributed by atoms with E-state index >= 15 is 0 Å². The molecule has 194 valence electrons. The zero-order valence-electron chi connectivity index (χ0n) is 20.2. The van der Waals surface area contributed by atoms with Gasteiger partial charge in [-0.05, 0) is 64.1 Å². The molecule has 12 heteroatoms. The van der Waals surface area contributed by atoms with E-state index in [4.69, 9.17) is 0 Å². The van der Waals surface area contributed by atoms with Crippen LogP contribution in [0.2, 0.25) is 0 Å². The van der Waals surface area contributed by atoms with E-state index in [-0.39, 0.29) is 48.1 Å². The molecule has 4 N–H and O–H groups in total. The van der Waals surface area contributed by atoms with Crippen molar-refractivity contribution in [3.8, 4) is 0 Å². The summed E-state index contributed by atoms with van der Waals surface area (Å²) in [7, 11) is 2.12. The average Bonchev–Trinajstić information content (AvgIpc) is 2.79. The van der Waals surface area contributed by atoms with Crippen molar-refractivity contribution in [3.63, 3.8) is 0 Å². The maximum atomic E-state index is 13.9. The summed E-state index contributed by atoms with van der Waals surface area (Å²) in [5, 5.41) is 10.2. The van der Waals surface area contributed by atoms with E-state index in [0.29, 0.717) is 9.79 Å². The number of carbonyl (C=O) groups is 4. The van der Waals surface area contributed by atoms with E-state index in [0.717, 1.165) is 33.7 Å². The van der Waals surface area contributed by atoms with Gasteiger partial charge in [0.15, 0.2) is 0 Å². The van der Waals surface area contributed by atoms with Gasteiger partial charge in [0, 0.05) is 21.9 Å². The van der Waals surface area contributed by atoms with Crippen molar-refractivity contribution in [1.82, 2.24) is 21.3 Å². The summed E-state index contributed by atoms with van der Waals surface area (Å²) in [6.07, 6.45) is 0. The lowest BCUT2D eigenvalue weighted by molar-refractivity contribution is -0.121. The maximum absolute atomic E-state index is 13.9. The average molecular weight is 539 g/mol. The molecule has 0 fully saturated rings. The molecule has 0 aliphatic rings. The third-order valence-corrected chi connectivity index (χ3v) is 6.79. The van der Waals surface area contributed by atoms with E-state index in [9.17, 15) is 28.0 Å². The van der Waals surface area contributed by atoms with Crippen LogP contribution in [0.15, 0.2) is 46.2 Å². The Morgan fingerprint density at radius 2 is 1.06 bits per heavy atom. The summed E-state index contributed by atoms with van der Waals surface area (Å²) < 4.78 is 27.8. The van der Waals surface area contributed by atoms with Crippen molar-refractivity contribution < 1.29 is 28.0 Å². The molecule has 2 aromatic carbocycles. The molecule has 0 spiro atoms. The highest BCUT2D eigenvalue weighted by atomic mass is 33.1. The van der Waals surface area contributed by atoms with E-state index < -0.39 is 23.4 Å². The Bertz CT molecular complexity index is 1040. The summed E-state index contributed by atoms with van der Waals surface area (Å²) in [5.74, 6) is -3.34. The van der Waals surface area contributed by atoms with E-state index in [1.807, 2.05) is 0 Å². The Hall–Kier alpha value is -3.12. The molecule has 0 aliphatic heterocycles. The maximum Gasteiger partial charge on any atom is 0.252 e. The van der Waals surface area contributed by atoms with Crippen LogP contribution >= 0.6 is 21.6 Å². The Morgan fingerprint density at radius 1 is 0.694 bits per heavy atom. The number of nitrogens with one attached hydrogen (secondary N) is 4. The normalized spacial score (nSPS) is 10.8. The molecule has 4 amide bonds. The number of halogens is 2. The first-order chi connectivity index (χ1) is 17.0.